The maximum absolute atomic E-state index is 12.3. The van der Waals surface area contributed by atoms with Gasteiger partial charge in [0.1, 0.15) is 18.3 Å². The molecule has 1 aromatic carbocycles. The molecule has 1 aliphatic heterocycles. The highest BCUT2D eigenvalue weighted by Gasteiger charge is 2.27. The molecule has 2 heterocycles. The van der Waals surface area contributed by atoms with E-state index >= 15 is 0 Å². The number of ether oxygens (including phenoxy) is 2. The van der Waals surface area contributed by atoms with E-state index < -0.39 is 10.8 Å². The van der Waals surface area contributed by atoms with Gasteiger partial charge in [-0.15, -0.1) is 11.8 Å². The summed E-state index contributed by atoms with van der Waals surface area (Å²) >= 11 is 1.68. The molecule has 196 valence electrons. The molecule has 0 radical (unpaired) electrons. The molecule has 8 heteroatoms. The third-order valence-electron chi connectivity index (χ3n) is 6.45. The summed E-state index contributed by atoms with van der Waals surface area (Å²) in [6, 6.07) is 6.68. The number of H-pyrrole nitrogens is 1. The van der Waals surface area contributed by atoms with Crippen LogP contribution in [0.2, 0.25) is 0 Å². The lowest BCUT2D eigenvalue weighted by atomic mass is 9.97. The number of aromatic amines is 1. The van der Waals surface area contributed by atoms with Crippen LogP contribution in [0.1, 0.15) is 78.5 Å². The van der Waals surface area contributed by atoms with E-state index in [4.69, 9.17) is 14.5 Å². The number of fused-ring (bicyclic) bond motifs is 1. The Morgan fingerprint density at radius 2 is 1.69 bits per heavy atom. The maximum atomic E-state index is 12.3. The third-order valence-corrected chi connectivity index (χ3v) is 7.60. The number of carbonyl (C=O) groups is 2. The highest BCUT2D eigenvalue weighted by molar-refractivity contribution is 8.14. The monoisotopic (exact) mass is 513 g/mol. The van der Waals surface area contributed by atoms with Crippen molar-refractivity contribution in [3.63, 3.8) is 0 Å². The van der Waals surface area contributed by atoms with Crippen LogP contribution in [0, 0.1) is 10.8 Å². The number of hydrogen-bond donors (Lipinski definition) is 2. The zero-order valence-electron chi connectivity index (χ0n) is 22.3. The van der Waals surface area contributed by atoms with E-state index in [-0.39, 0.29) is 24.6 Å². The normalized spacial score (nSPS) is 18.9. The van der Waals surface area contributed by atoms with Gasteiger partial charge in [0, 0.05) is 17.2 Å². The number of aliphatic imine (C=N–C) groups is 1. The SMILES string of the molecule is CC(C)(C)C(=O)OCc1cc(NC2CCCC2)c2[nH]c(C3=N[C@H](COC(=O)C(C)(C)C)CS3)cc2c1. The summed E-state index contributed by atoms with van der Waals surface area (Å²) < 4.78 is 11.1. The van der Waals surface area contributed by atoms with Crippen LogP contribution in [0.4, 0.5) is 5.69 Å². The van der Waals surface area contributed by atoms with Crippen LogP contribution in [0.15, 0.2) is 23.2 Å². The lowest BCUT2D eigenvalue weighted by Crippen LogP contribution is -2.26. The Bertz CT molecular complexity index is 1150. The molecule has 1 saturated carbocycles. The number of rotatable bonds is 7. The van der Waals surface area contributed by atoms with Crippen LogP contribution < -0.4 is 5.32 Å². The average molecular weight is 514 g/mol. The number of thioether (sulfide) groups is 1. The molecular formula is C28H39N3O4S. The zero-order valence-corrected chi connectivity index (χ0v) is 23.1. The van der Waals surface area contributed by atoms with E-state index in [1.807, 2.05) is 41.5 Å². The summed E-state index contributed by atoms with van der Waals surface area (Å²) in [6.07, 6.45) is 4.81. The van der Waals surface area contributed by atoms with Crippen molar-refractivity contribution in [2.75, 3.05) is 17.7 Å². The molecule has 1 atom stereocenters. The molecule has 1 aliphatic carbocycles. The molecular weight excluding hydrogens is 474 g/mol. The summed E-state index contributed by atoms with van der Waals surface area (Å²) in [6.45, 7) is 11.7. The first-order valence-corrected chi connectivity index (χ1v) is 13.9. The second-order valence-electron chi connectivity index (χ2n) is 12.0. The van der Waals surface area contributed by atoms with Crippen molar-refractivity contribution in [1.82, 2.24) is 4.98 Å². The fraction of sp³-hybridized carbons (Fsp3) is 0.607. The van der Waals surface area contributed by atoms with E-state index in [0.29, 0.717) is 12.6 Å². The zero-order chi connectivity index (χ0) is 26.1. The van der Waals surface area contributed by atoms with E-state index in [0.717, 1.165) is 51.5 Å². The Balaban J connectivity index is 1.55. The molecule has 2 N–H and O–H groups in total. The number of carbonyl (C=O) groups excluding carboxylic acids is 2. The first-order valence-electron chi connectivity index (χ1n) is 12.9. The van der Waals surface area contributed by atoms with Crippen molar-refractivity contribution in [2.45, 2.75) is 85.9 Å². The minimum absolute atomic E-state index is 0.0498. The Hall–Kier alpha value is -2.48. The molecule has 0 spiro atoms. The molecule has 0 amide bonds. The van der Waals surface area contributed by atoms with E-state index in [2.05, 4.69) is 28.5 Å². The summed E-state index contributed by atoms with van der Waals surface area (Å²) in [5.41, 5.74) is 2.93. The fourth-order valence-electron chi connectivity index (χ4n) is 4.31. The second kappa shape index (κ2) is 10.5. The van der Waals surface area contributed by atoms with Crippen LogP contribution in [0.5, 0.6) is 0 Å². The number of anilines is 1. The van der Waals surface area contributed by atoms with Crippen LogP contribution in [0.3, 0.4) is 0 Å². The standard InChI is InChI=1S/C28H39N3O4S/c1-27(2,3)25(32)34-14-17-11-18-13-22(31-23(18)21(12-17)29-19-9-7-8-10-19)24-30-20(16-36-24)15-35-26(33)28(4,5)6/h11-13,19-20,29,31H,7-10,14-16H2,1-6H3/t20-/m1/s1. The Morgan fingerprint density at radius 3 is 2.36 bits per heavy atom. The Labute approximate surface area is 218 Å². The lowest BCUT2D eigenvalue weighted by Gasteiger charge is -2.18. The van der Waals surface area contributed by atoms with Gasteiger partial charge in [0.05, 0.1) is 33.8 Å². The van der Waals surface area contributed by atoms with Crippen molar-refractivity contribution in [3.8, 4) is 0 Å². The van der Waals surface area contributed by atoms with Crippen molar-refractivity contribution < 1.29 is 19.1 Å². The van der Waals surface area contributed by atoms with Gasteiger partial charge in [0.25, 0.3) is 0 Å². The first kappa shape index (κ1) is 26.6. The van der Waals surface area contributed by atoms with Gasteiger partial charge in [0.2, 0.25) is 0 Å². The smallest absolute Gasteiger partial charge is 0.311 e. The van der Waals surface area contributed by atoms with Crippen LogP contribution >= 0.6 is 11.8 Å². The highest BCUT2D eigenvalue weighted by Crippen LogP contribution is 2.33. The van der Waals surface area contributed by atoms with Gasteiger partial charge in [-0.25, -0.2) is 0 Å². The Morgan fingerprint density at radius 1 is 1.03 bits per heavy atom. The minimum atomic E-state index is -0.536. The largest absolute Gasteiger partial charge is 0.463 e. The Kier molecular flexibility index (Phi) is 7.74. The molecule has 1 fully saturated rings. The molecule has 4 rings (SSSR count). The lowest BCUT2D eigenvalue weighted by molar-refractivity contribution is -0.154. The molecule has 1 aromatic heterocycles. The van der Waals surface area contributed by atoms with Crippen molar-refractivity contribution in [2.24, 2.45) is 15.8 Å². The molecule has 2 aromatic rings. The first-order chi connectivity index (χ1) is 16.9. The number of hydrogen-bond acceptors (Lipinski definition) is 7. The molecule has 0 saturated heterocycles. The van der Waals surface area contributed by atoms with E-state index in [1.54, 1.807) is 11.8 Å². The molecule has 7 nitrogen and oxygen atoms in total. The van der Waals surface area contributed by atoms with Gasteiger partial charge in [-0.3, -0.25) is 14.6 Å². The molecule has 0 unspecified atom stereocenters. The van der Waals surface area contributed by atoms with Gasteiger partial charge >= 0.3 is 11.9 Å². The van der Waals surface area contributed by atoms with Crippen molar-refractivity contribution in [1.29, 1.82) is 0 Å². The van der Waals surface area contributed by atoms with Gasteiger partial charge in [-0.05, 0) is 78.1 Å². The number of nitrogens with one attached hydrogen (secondary N) is 2. The summed E-state index contributed by atoms with van der Waals surface area (Å²) in [4.78, 5) is 32.9. The summed E-state index contributed by atoms with van der Waals surface area (Å²) in [5, 5.41) is 5.71. The van der Waals surface area contributed by atoms with Gasteiger partial charge in [-0.2, -0.15) is 0 Å². The summed E-state index contributed by atoms with van der Waals surface area (Å²) in [5.74, 6) is 0.366. The highest BCUT2D eigenvalue weighted by atomic mass is 32.2. The van der Waals surface area contributed by atoms with Gasteiger partial charge in [0.15, 0.2) is 0 Å². The van der Waals surface area contributed by atoms with Gasteiger partial charge < -0.3 is 19.8 Å². The van der Waals surface area contributed by atoms with Crippen molar-refractivity contribution in [3.05, 3.63) is 29.5 Å². The average Bonchev–Trinajstić information content (AvgIpc) is 3.54. The minimum Gasteiger partial charge on any atom is -0.463 e. The molecule has 0 bridgehead atoms. The van der Waals surface area contributed by atoms with Crippen LogP contribution in [0.25, 0.3) is 10.9 Å². The van der Waals surface area contributed by atoms with Crippen LogP contribution in [-0.4, -0.2) is 46.4 Å². The maximum Gasteiger partial charge on any atom is 0.311 e. The number of nitrogens with zero attached hydrogens (tertiary/aromatic N) is 1. The topological polar surface area (TPSA) is 92.8 Å². The van der Waals surface area contributed by atoms with E-state index in [1.165, 1.54) is 12.8 Å². The molecule has 2 aliphatic rings. The predicted octanol–water partition coefficient (Wildman–Crippen LogP) is 6.06. The number of aromatic nitrogens is 1. The quantitative estimate of drug-likeness (QED) is 0.437. The van der Waals surface area contributed by atoms with Gasteiger partial charge in [-0.1, -0.05) is 12.8 Å². The number of esters is 2. The molecule has 36 heavy (non-hydrogen) atoms. The van der Waals surface area contributed by atoms with Crippen molar-refractivity contribution >= 4 is 45.3 Å². The number of benzene rings is 1. The third kappa shape index (κ3) is 6.44. The van der Waals surface area contributed by atoms with Crippen LogP contribution in [-0.2, 0) is 25.7 Å². The summed E-state index contributed by atoms with van der Waals surface area (Å²) in [7, 11) is 0. The second-order valence-corrected chi connectivity index (χ2v) is 13.0. The fourth-order valence-corrected chi connectivity index (χ4v) is 5.32. The predicted molar refractivity (Wildman–Crippen MR) is 147 cm³/mol. The van der Waals surface area contributed by atoms with E-state index in [9.17, 15) is 9.59 Å².